The molecule has 1 aromatic heterocycles. The number of para-hydroxylation sites is 1. The van der Waals surface area contributed by atoms with E-state index >= 15 is 0 Å². The summed E-state index contributed by atoms with van der Waals surface area (Å²) in [6.45, 7) is 10.8. The molecule has 1 saturated heterocycles. The average molecular weight is 497 g/mol. The number of fused-ring (bicyclic) bond motifs is 1. The van der Waals surface area contributed by atoms with Crippen molar-refractivity contribution in [1.29, 1.82) is 0 Å². The second-order valence-electron chi connectivity index (χ2n) is 7.44. The summed E-state index contributed by atoms with van der Waals surface area (Å²) in [7, 11) is 0. The Morgan fingerprint density at radius 1 is 1.11 bits per heavy atom. The third-order valence-corrected chi connectivity index (χ3v) is 5.32. The van der Waals surface area contributed by atoms with Gasteiger partial charge in [-0.25, -0.2) is 0 Å². The van der Waals surface area contributed by atoms with Gasteiger partial charge in [-0.3, -0.25) is 4.99 Å². The molecule has 0 bridgehead atoms. The second-order valence-corrected chi connectivity index (χ2v) is 7.44. The van der Waals surface area contributed by atoms with Gasteiger partial charge in [-0.2, -0.15) is 0 Å². The van der Waals surface area contributed by atoms with E-state index in [9.17, 15) is 0 Å². The lowest BCUT2D eigenvalue weighted by Crippen LogP contribution is -2.48. The summed E-state index contributed by atoms with van der Waals surface area (Å²) in [5.41, 5.74) is 1.31. The van der Waals surface area contributed by atoms with Crippen LogP contribution < -0.4 is 10.6 Å². The molecule has 1 aliphatic heterocycles. The minimum Gasteiger partial charge on any atom is -0.357 e. The first kappa shape index (κ1) is 23.0. The number of likely N-dealkylation sites (tertiary alicyclic amines) is 1. The lowest BCUT2D eigenvalue weighted by molar-refractivity contribution is 0.206. The van der Waals surface area contributed by atoms with E-state index in [-0.39, 0.29) is 24.0 Å². The van der Waals surface area contributed by atoms with E-state index in [2.05, 4.69) is 70.5 Å². The smallest absolute Gasteiger partial charge is 0.191 e. The van der Waals surface area contributed by atoms with Gasteiger partial charge in [-0.1, -0.05) is 25.1 Å². The molecule has 1 aromatic carbocycles. The summed E-state index contributed by atoms with van der Waals surface area (Å²) in [6, 6.07) is 11.3. The van der Waals surface area contributed by atoms with Crippen LogP contribution in [0.5, 0.6) is 0 Å². The number of hydrogen-bond acceptors (Lipinski definition) is 2. The molecule has 0 amide bonds. The first-order chi connectivity index (χ1) is 13.3. The molecule has 2 heterocycles. The monoisotopic (exact) mass is 497 g/mol. The molecule has 0 atom stereocenters. The third-order valence-electron chi connectivity index (χ3n) is 5.32. The minimum atomic E-state index is 0. The summed E-state index contributed by atoms with van der Waals surface area (Å²) in [4.78, 5) is 7.38. The van der Waals surface area contributed by atoms with E-state index in [1.807, 2.05) is 0 Å². The average Bonchev–Trinajstić information content (AvgIpc) is 3.10. The molecule has 0 saturated carbocycles. The zero-order valence-corrected chi connectivity index (χ0v) is 19.7. The molecule has 0 radical (unpaired) electrons. The van der Waals surface area contributed by atoms with Crippen LogP contribution >= 0.6 is 24.0 Å². The highest BCUT2D eigenvalue weighted by atomic mass is 127. The molecule has 156 valence electrons. The van der Waals surface area contributed by atoms with Crippen LogP contribution in [0.25, 0.3) is 10.9 Å². The number of aliphatic imine (C=N–C) groups is 1. The Bertz CT molecular complexity index is 719. The summed E-state index contributed by atoms with van der Waals surface area (Å²) < 4.78 is 2.33. The lowest BCUT2D eigenvalue weighted by Gasteiger charge is -2.32. The van der Waals surface area contributed by atoms with Gasteiger partial charge in [-0.15, -0.1) is 24.0 Å². The number of aryl methyl sites for hydroxylation is 1. The van der Waals surface area contributed by atoms with E-state index in [0.29, 0.717) is 6.04 Å². The fourth-order valence-corrected chi connectivity index (χ4v) is 3.90. The first-order valence-corrected chi connectivity index (χ1v) is 10.6. The van der Waals surface area contributed by atoms with Crippen molar-refractivity contribution in [2.45, 2.75) is 52.1 Å². The van der Waals surface area contributed by atoms with Crippen LogP contribution in [0.3, 0.4) is 0 Å². The Morgan fingerprint density at radius 2 is 1.89 bits per heavy atom. The first-order valence-electron chi connectivity index (χ1n) is 10.6. The molecule has 2 aromatic rings. The molecule has 1 aliphatic rings. The zero-order valence-electron chi connectivity index (χ0n) is 17.4. The molecule has 1 fully saturated rings. The van der Waals surface area contributed by atoms with E-state index in [1.54, 1.807) is 0 Å². The molecule has 0 aliphatic carbocycles. The topological polar surface area (TPSA) is 44.6 Å². The van der Waals surface area contributed by atoms with Crippen molar-refractivity contribution in [3.05, 3.63) is 36.5 Å². The second kappa shape index (κ2) is 12.3. The van der Waals surface area contributed by atoms with Crippen molar-refractivity contribution >= 4 is 40.8 Å². The lowest BCUT2D eigenvalue weighted by atomic mass is 10.1. The van der Waals surface area contributed by atoms with Crippen molar-refractivity contribution in [3.8, 4) is 0 Å². The van der Waals surface area contributed by atoms with E-state index < -0.39 is 0 Å². The highest BCUT2D eigenvalue weighted by molar-refractivity contribution is 14.0. The fraction of sp³-hybridized carbons (Fsp3) is 0.591. The number of halogens is 1. The van der Waals surface area contributed by atoms with Crippen molar-refractivity contribution < 1.29 is 0 Å². The van der Waals surface area contributed by atoms with Gasteiger partial charge in [0.15, 0.2) is 5.96 Å². The van der Waals surface area contributed by atoms with Crippen LogP contribution in [0.1, 0.15) is 39.5 Å². The Hall–Kier alpha value is -1.28. The van der Waals surface area contributed by atoms with Crippen LogP contribution in [0.4, 0.5) is 0 Å². The van der Waals surface area contributed by atoms with Crippen molar-refractivity contribution in [2.24, 2.45) is 4.99 Å². The normalized spacial score (nSPS) is 16.1. The highest BCUT2D eigenvalue weighted by Gasteiger charge is 2.19. The van der Waals surface area contributed by atoms with Crippen LogP contribution in [-0.2, 0) is 6.54 Å². The van der Waals surface area contributed by atoms with Crippen LogP contribution in [0, 0.1) is 0 Å². The van der Waals surface area contributed by atoms with E-state index in [0.717, 1.165) is 32.0 Å². The number of piperidine rings is 1. The Morgan fingerprint density at radius 3 is 2.64 bits per heavy atom. The summed E-state index contributed by atoms with van der Waals surface area (Å²) >= 11 is 0. The molecule has 2 N–H and O–H groups in total. The number of nitrogens with one attached hydrogen (secondary N) is 2. The van der Waals surface area contributed by atoms with Crippen LogP contribution in [0.15, 0.2) is 41.5 Å². The SMILES string of the molecule is CCCN1CCC(NC(=NCCCn2ccc3ccccc32)NCC)CC1.I. The highest BCUT2D eigenvalue weighted by Crippen LogP contribution is 2.15. The number of rotatable bonds is 8. The van der Waals surface area contributed by atoms with Crippen molar-refractivity contribution in [2.75, 3.05) is 32.7 Å². The van der Waals surface area contributed by atoms with Gasteiger partial charge in [0.25, 0.3) is 0 Å². The van der Waals surface area contributed by atoms with Crippen LogP contribution in [0.2, 0.25) is 0 Å². The number of aromatic nitrogens is 1. The maximum Gasteiger partial charge on any atom is 0.191 e. The molecule has 0 unspecified atom stereocenters. The van der Waals surface area contributed by atoms with Crippen LogP contribution in [-0.4, -0.2) is 54.2 Å². The third kappa shape index (κ3) is 6.65. The zero-order chi connectivity index (χ0) is 18.9. The number of nitrogens with zero attached hydrogens (tertiary/aromatic N) is 3. The number of hydrogen-bond donors (Lipinski definition) is 2. The minimum absolute atomic E-state index is 0. The van der Waals surface area contributed by atoms with Gasteiger partial charge in [-0.05, 0) is 56.7 Å². The Balaban J connectivity index is 0.00000280. The maximum atomic E-state index is 4.81. The van der Waals surface area contributed by atoms with Gasteiger partial charge < -0.3 is 20.1 Å². The van der Waals surface area contributed by atoms with Crippen molar-refractivity contribution in [3.63, 3.8) is 0 Å². The molecule has 6 heteroatoms. The van der Waals surface area contributed by atoms with E-state index in [4.69, 9.17) is 4.99 Å². The van der Waals surface area contributed by atoms with Gasteiger partial charge in [0.1, 0.15) is 0 Å². The predicted molar refractivity (Wildman–Crippen MR) is 131 cm³/mol. The fourth-order valence-electron chi connectivity index (χ4n) is 3.90. The Kier molecular flexibility index (Phi) is 10.1. The van der Waals surface area contributed by atoms with Gasteiger partial charge in [0.2, 0.25) is 0 Å². The van der Waals surface area contributed by atoms with E-state index in [1.165, 1.54) is 49.8 Å². The largest absolute Gasteiger partial charge is 0.357 e. The molecule has 5 nitrogen and oxygen atoms in total. The summed E-state index contributed by atoms with van der Waals surface area (Å²) in [5, 5.41) is 8.37. The summed E-state index contributed by atoms with van der Waals surface area (Å²) in [5.74, 6) is 0.976. The Labute approximate surface area is 187 Å². The predicted octanol–water partition coefficient (Wildman–Crippen LogP) is 4.08. The van der Waals surface area contributed by atoms with Gasteiger partial charge in [0.05, 0.1) is 0 Å². The molecule has 0 spiro atoms. The van der Waals surface area contributed by atoms with Gasteiger partial charge >= 0.3 is 0 Å². The quantitative estimate of drug-likeness (QED) is 0.250. The maximum absolute atomic E-state index is 4.81. The molecular formula is C22H36IN5. The number of benzene rings is 1. The molecule has 3 rings (SSSR count). The van der Waals surface area contributed by atoms with Gasteiger partial charge in [0, 0.05) is 50.5 Å². The number of guanidine groups is 1. The standard InChI is InChI=1S/C22H35N5.HI/c1-3-14-26-16-11-20(12-17-26)25-22(23-4-2)24-13-7-15-27-18-10-19-8-5-6-9-21(19)27;/h5-6,8-10,18,20H,3-4,7,11-17H2,1-2H3,(H2,23,24,25);1H. The molecular weight excluding hydrogens is 461 g/mol. The van der Waals surface area contributed by atoms with Crippen molar-refractivity contribution in [1.82, 2.24) is 20.1 Å². The molecule has 28 heavy (non-hydrogen) atoms. The summed E-state index contributed by atoms with van der Waals surface area (Å²) in [6.07, 6.45) is 6.89.